The summed E-state index contributed by atoms with van der Waals surface area (Å²) < 4.78 is 3.25. The number of aryl methyl sites for hydroxylation is 1. The number of aromatic nitrogens is 2. The van der Waals surface area contributed by atoms with E-state index >= 15 is 0 Å². The molecule has 3 nitrogen and oxygen atoms in total. The molecule has 0 aromatic carbocycles. The molecule has 1 aromatic heterocycles. The number of nitrogens with one attached hydrogen (secondary N) is 1. The number of halogens is 1. The fraction of sp³-hybridized carbons (Fsp3) is 0.667. The van der Waals surface area contributed by atoms with Gasteiger partial charge < -0.3 is 5.32 Å². The van der Waals surface area contributed by atoms with Crippen LogP contribution in [0.5, 0.6) is 0 Å². The molecule has 0 atom stereocenters. The van der Waals surface area contributed by atoms with Crippen LogP contribution in [0.3, 0.4) is 0 Å². The van der Waals surface area contributed by atoms with E-state index in [-0.39, 0.29) is 0 Å². The molecule has 1 aromatic rings. The summed E-state index contributed by atoms with van der Waals surface area (Å²) in [4.78, 5) is 0. The van der Waals surface area contributed by atoms with Crippen molar-refractivity contribution in [3.05, 3.63) is 16.4 Å². The van der Waals surface area contributed by atoms with Gasteiger partial charge in [0.15, 0.2) is 0 Å². The van der Waals surface area contributed by atoms with Crippen molar-refractivity contribution in [2.45, 2.75) is 25.8 Å². The van der Waals surface area contributed by atoms with Crippen LogP contribution < -0.4 is 5.32 Å². The highest BCUT2D eigenvalue weighted by Gasteiger charge is 2.17. The minimum absolute atomic E-state index is 0.573. The summed E-state index contributed by atoms with van der Waals surface area (Å²) in [6.45, 7) is 4.29. The van der Waals surface area contributed by atoms with Crippen molar-refractivity contribution in [2.24, 2.45) is 0 Å². The Bertz CT molecular complexity index is 289. The van der Waals surface area contributed by atoms with Crippen molar-refractivity contribution in [3.63, 3.8) is 0 Å². The molecule has 0 radical (unpaired) electrons. The number of hydrogen-bond acceptors (Lipinski definition) is 2. The van der Waals surface area contributed by atoms with Crippen LogP contribution in [0.25, 0.3) is 0 Å². The molecule has 0 spiro atoms. The topological polar surface area (TPSA) is 29.9 Å². The van der Waals surface area contributed by atoms with E-state index in [9.17, 15) is 0 Å². The first-order valence-electron chi connectivity index (χ1n) is 4.69. The average molecular weight is 244 g/mol. The number of hydrogen-bond donors (Lipinski definition) is 1. The van der Waals surface area contributed by atoms with Crippen LogP contribution in [0.4, 0.5) is 0 Å². The first-order valence-corrected chi connectivity index (χ1v) is 5.48. The Kier molecular flexibility index (Phi) is 2.69. The van der Waals surface area contributed by atoms with Gasteiger partial charge in [-0.15, -0.1) is 0 Å². The van der Waals surface area contributed by atoms with E-state index in [1.54, 1.807) is 0 Å². The van der Waals surface area contributed by atoms with Gasteiger partial charge in [-0.2, -0.15) is 5.10 Å². The van der Waals surface area contributed by atoms with Crippen LogP contribution in [-0.4, -0.2) is 22.9 Å². The maximum atomic E-state index is 4.38. The summed E-state index contributed by atoms with van der Waals surface area (Å²) in [5.74, 6) is 0. The molecule has 0 unspecified atom stereocenters. The Balaban J connectivity index is 2.18. The van der Waals surface area contributed by atoms with Crippen LogP contribution in [-0.2, 0) is 0 Å². The van der Waals surface area contributed by atoms with E-state index in [1.165, 1.54) is 18.4 Å². The molecule has 1 fully saturated rings. The largest absolute Gasteiger partial charge is 0.317 e. The highest BCUT2D eigenvalue weighted by atomic mass is 79.9. The molecular formula is C9H14BrN3. The zero-order chi connectivity index (χ0) is 9.26. The number of rotatable bonds is 1. The van der Waals surface area contributed by atoms with Gasteiger partial charge in [-0.1, -0.05) is 0 Å². The fourth-order valence-corrected chi connectivity index (χ4v) is 2.22. The van der Waals surface area contributed by atoms with Gasteiger partial charge in [-0.05, 0) is 48.8 Å². The molecule has 0 saturated carbocycles. The van der Waals surface area contributed by atoms with Gasteiger partial charge in [-0.3, -0.25) is 4.68 Å². The van der Waals surface area contributed by atoms with Crippen molar-refractivity contribution >= 4 is 15.9 Å². The molecule has 13 heavy (non-hydrogen) atoms. The Labute approximate surface area is 86.6 Å². The Morgan fingerprint density at radius 1 is 1.54 bits per heavy atom. The van der Waals surface area contributed by atoms with Gasteiger partial charge in [0.1, 0.15) is 4.60 Å². The zero-order valence-electron chi connectivity index (χ0n) is 7.76. The fourth-order valence-electron chi connectivity index (χ4n) is 1.74. The molecular weight excluding hydrogens is 230 g/mol. The molecule has 2 rings (SSSR count). The highest BCUT2D eigenvalue weighted by Crippen LogP contribution is 2.24. The van der Waals surface area contributed by atoms with Gasteiger partial charge in [0.05, 0.1) is 12.2 Å². The third-order valence-corrected chi connectivity index (χ3v) is 3.55. The standard InChI is InChI=1S/C9H14BrN3/c1-7-6-12-13(9(7)10)8-2-4-11-5-3-8/h6,8,11H,2-5H2,1H3. The maximum absolute atomic E-state index is 4.38. The van der Waals surface area contributed by atoms with E-state index < -0.39 is 0 Å². The van der Waals surface area contributed by atoms with E-state index in [0.717, 1.165) is 17.7 Å². The lowest BCUT2D eigenvalue weighted by atomic mass is 10.1. The van der Waals surface area contributed by atoms with Crippen molar-refractivity contribution < 1.29 is 0 Å². The van der Waals surface area contributed by atoms with Gasteiger partial charge in [0.25, 0.3) is 0 Å². The molecule has 1 aliphatic rings. The van der Waals surface area contributed by atoms with Gasteiger partial charge in [0.2, 0.25) is 0 Å². The third-order valence-electron chi connectivity index (χ3n) is 2.56. The molecule has 2 heterocycles. The first kappa shape index (κ1) is 9.21. The molecule has 4 heteroatoms. The molecule has 1 N–H and O–H groups in total. The summed E-state index contributed by atoms with van der Waals surface area (Å²) in [6, 6.07) is 0.573. The van der Waals surface area contributed by atoms with Crippen molar-refractivity contribution in [3.8, 4) is 0 Å². The van der Waals surface area contributed by atoms with Gasteiger partial charge in [-0.25, -0.2) is 0 Å². The minimum Gasteiger partial charge on any atom is -0.317 e. The van der Waals surface area contributed by atoms with E-state index in [4.69, 9.17) is 0 Å². The average Bonchev–Trinajstić information content (AvgIpc) is 2.49. The van der Waals surface area contributed by atoms with Crippen LogP contribution in [0, 0.1) is 6.92 Å². The molecule has 0 amide bonds. The van der Waals surface area contributed by atoms with E-state index in [1.807, 2.05) is 6.20 Å². The van der Waals surface area contributed by atoms with Gasteiger partial charge in [0, 0.05) is 5.56 Å². The maximum Gasteiger partial charge on any atom is 0.107 e. The van der Waals surface area contributed by atoms with Crippen molar-refractivity contribution in [2.75, 3.05) is 13.1 Å². The second-order valence-corrected chi connectivity index (χ2v) is 4.30. The van der Waals surface area contributed by atoms with E-state index in [0.29, 0.717) is 6.04 Å². The van der Waals surface area contributed by atoms with Gasteiger partial charge >= 0.3 is 0 Å². The van der Waals surface area contributed by atoms with Crippen LogP contribution in [0.15, 0.2) is 10.8 Å². The third kappa shape index (κ3) is 1.79. The van der Waals surface area contributed by atoms with Crippen molar-refractivity contribution in [1.29, 1.82) is 0 Å². The summed E-state index contributed by atoms with van der Waals surface area (Å²) >= 11 is 3.57. The van der Waals surface area contributed by atoms with Crippen LogP contribution >= 0.6 is 15.9 Å². The number of piperidine rings is 1. The lowest BCUT2D eigenvalue weighted by Crippen LogP contribution is -2.29. The smallest absolute Gasteiger partial charge is 0.107 e. The second-order valence-electron chi connectivity index (χ2n) is 3.54. The summed E-state index contributed by atoms with van der Waals surface area (Å²) in [7, 11) is 0. The first-order chi connectivity index (χ1) is 6.29. The lowest BCUT2D eigenvalue weighted by molar-refractivity contribution is 0.338. The van der Waals surface area contributed by atoms with Crippen molar-refractivity contribution in [1.82, 2.24) is 15.1 Å². The quantitative estimate of drug-likeness (QED) is 0.817. The van der Waals surface area contributed by atoms with Crippen LogP contribution in [0.2, 0.25) is 0 Å². The second kappa shape index (κ2) is 3.80. The lowest BCUT2D eigenvalue weighted by Gasteiger charge is -2.23. The van der Waals surface area contributed by atoms with E-state index in [2.05, 4.69) is 38.0 Å². The molecule has 0 bridgehead atoms. The molecule has 1 aliphatic heterocycles. The SMILES string of the molecule is Cc1cnn(C2CCNCC2)c1Br. The number of nitrogens with zero attached hydrogens (tertiary/aromatic N) is 2. The summed E-state index contributed by atoms with van der Waals surface area (Å²) in [6.07, 6.45) is 4.28. The molecule has 72 valence electrons. The predicted molar refractivity (Wildman–Crippen MR) is 55.8 cm³/mol. The monoisotopic (exact) mass is 243 g/mol. The molecule has 1 saturated heterocycles. The minimum atomic E-state index is 0.573. The Morgan fingerprint density at radius 3 is 2.77 bits per heavy atom. The zero-order valence-corrected chi connectivity index (χ0v) is 9.34. The predicted octanol–water partition coefficient (Wildman–Crippen LogP) is 1.88. The highest BCUT2D eigenvalue weighted by molar-refractivity contribution is 9.10. The molecule has 0 aliphatic carbocycles. The normalized spacial score (nSPS) is 19.2. The van der Waals surface area contributed by atoms with Crippen LogP contribution in [0.1, 0.15) is 24.4 Å². The Morgan fingerprint density at radius 2 is 2.23 bits per heavy atom. The Hall–Kier alpha value is -0.350. The summed E-state index contributed by atoms with van der Waals surface area (Å²) in [5, 5.41) is 7.74. The summed E-state index contributed by atoms with van der Waals surface area (Å²) in [5.41, 5.74) is 1.22.